The molecule has 0 spiro atoms. The van der Waals surface area contributed by atoms with Crippen molar-refractivity contribution in [1.82, 2.24) is 4.98 Å². The zero-order valence-corrected chi connectivity index (χ0v) is 11.7. The summed E-state index contributed by atoms with van der Waals surface area (Å²) in [5.41, 5.74) is 1.17. The van der Waals surface area contributed by atoms with Gasteiger partial charge in [0.05, 0.1) is 10.2 Å². The molecule has 0 saturated carbocycles. The Morgan fingerprint density at radius 3 is 2.48 bits per heavy atom. The molecular formula is C15H11F3N2S. The second-order valence-corrected chi connectivity index (χ2v) is 5.62. The highest BCUT2D eigenvalue weighted by molar-refractivity contribution is 7.22. The number of halogens is 3. The number of nitrogens with one attached hydrogen (secondary N) is 1. The van der Waals surface area contributed by atoms with Crippen LogP contribution in [0.5, 0.6) is 0 Å². The third-order valence-corrected chi connectivity index (χ3v) is 3.96. The molecule has 0 radical (unpaired) electrons. The second kappa shape index (κ2) is 5.73. The molecule has 0 fully saturated rings. The van der Waals surface area contributed by atoms with Crippen LogP contribution in [0, 0.1) is 17.5 Å². The first-order valence-corrected chi connectivity index (χ1v) is 7.17. The third kappa shape index (κ3) is 3.33. The van der Waals surface area contributed by atoms with Crippen molar-refractivity contribution >= 4 is 26.7 Å². The number of rotatable bonds is 4. The van der Waals surface area contributed by atoms with Crippen molar-refractivity contribution in [1.29, 1.82) is 0 Å². The predicted octanol–water partition coefficient (Wildman–Crippen LogP) is 4.37. The zero-order valence-electron chi connectivity index (χ0n) is 10.9. The smallest absolute Gasteiger partial charge is 0.183 e. The maximum atomic E-state index is 13.1. The Kier molecular flexibility index (Phi) is 3.79. The minimum Gasteiger partial charge on any atom is -0.361 e. The summed E-state index contributed by atoms with van der Waals surface area (Å²) >= 11 is 1.41. The van der Waals surface area contributed by atoms with Crippen LogP contribution in [0.25, 0.3) is 10.2 Å². The molecule has 108 valence electrons. The van der Waals surface area contributed by atoms with Gasteiger partial charge in [0, 0.05) is 18.7 Å². The van der Waals surface area contributed by atoms with Gasteiger partial charge in [-0.15, -0.1) is 0 Å². The van der Waals surface area contributed by atoms with Gasteiger partial charge in [0.25, 0.3) is 0 Å². The molecule has 0 aliphatic rings. The Hall–Kier alpha value is -2.08. The van der Waals surface area contributed by atoms with Crippen LogP contribution in [0.4, 0.5) is 18.3 Å². The molecule has 0 unspecified atom stereocenters. The van der Waals surface area contributed by atoms with Crippen LogP contribution < -0.4 is 5.32 Å². The van der Waals surface area contributed by atoms with Gasteiger partial charge in [-0.05, 0) is 36.2 Å². The molecule has 21 heavy (non-hydrogen) atoms. The fourth-order valence-corrected chi connectivity index (χ4v) is 2.92. The molecule has 3 aromatic rings. The van der Waals surface area contributed by atoms with Crippen molar-refractivity contribution in [3.63, 3.8) is 0 Å². The van der Waals surface area contributed by atoms with Crippen LogP contribution in [-0.4, -0.2) is 11.5 Å². The third-order valence-electron chi connectivity index (χ3n) is 2.96. The minimum atomic E-state index is -0.583. The van der Waals surface area contributed by atoms with E-state index < -0.39 is 11.6 Å². The summed E-state index contributed by atoms with van der Waals surface area (Å²) in [7, 11) is 0. The second-order valence-electron chi connectivity index (χ2n) is 4.59. The number of fused-ring (bicyclic) bond motifs is 1. The van der Waals surface area contributed by atoms with E-state index in [9.17, 15) is 13.2 Å². The van der Waals surface area contributed by atoms with Crippen molar-refractivity contribution in [3.8, 4) is 0 Å². The van der Waals surface area contributed by atoms with Gasteiger partial charge in [-0.25, -0.2) is 18.2 Å². The normalized spacial score (nSPS) is 11.0. The molecule has 0 aliphatic carbocycles. The van der Waals surface area contributed by atoms with E-state index in [1.165, 1.54) is 35.6 Å². The van der Waals surface area contributed by atoms with Crippen molar-refractivity contribution in [2.24, 2.45) is 0 Å². The summed E-state index contributed by atoms with van der Waals surface area (Å²) in [5, 5.41) is 3.74. The summed E-state index contributed by atoms with van der Waals surface area (Å²) < 4.78 is 40.1. The lowest BCUT2D eigenvalue weighted by atomic mass is 10.1. The van der Waals surface area contributed by atoms with Crippen LogP contribution in [0.2, 0.25) is 0 Å². The Morgan fingerprint density at radius 2 is 1.71 bits per heavy atom. The van der Waals surface area contributed by atoms with E-state index in [4.69, 9.17) is 0 Å². The monoisotopic (exact) mass is 308 g/mol. The van der Waals surface area contributed by atoms with E-state index in [0.29, 0.717) is 29.2 Å². The van der Waals surface area contributed by atoms with Gasteiger partial charge >= 0.3 is 0 Å². The van der Waals surface area contributed by atoms with Crippen LogP contribution in [0.1, 0.15) is 5.56 Å². The standard InChI is InChI=1S/C15H11F3N2S/c16-10-1-2-14-13(8-10)20-15(21-14)19-4-3-9-5-11(17)7-12(18)6-9/h1-2,5-8H,3-4H2,(H,19,20). The molecule has 0 atom stereocenters. The number of anilines is 1. The lowest BCUT2D eigenvalue weighted by Crippen LogP contribution is -2.05. The molecule has 0 saturated heterocycles. The van der Waals surface area contributed by atoms with Crippen molar-refractivity contribution in [2.75, 3.05) is 11.9 Å². The predicted molar refractivity (Wildman–Crippen MR) is 78.1 cm³/mol. The average molecular weight is 308 g/mol. The molecule has 2 aromatic carbocycles. The number of benzene rings is 2. The molecule has 1 aromatic heterocycles. The van der Waals surface area contributed by atoms with Gasteiger partial charge in [-0.1, -0.05) is 11.3 Å². The molecule has 2 nitrogen and oxygen atoms in total. The highest BCUT2D eigenvalue weighted by atomic mass is 32.1. The summed E-state index contributed by atoms with van der Waals surface area (Å²) in [6, 6.07) is 7.89. The van der Waals surface area contributed by atoms with Gasteiger partial charge in [-0.2, -0.15) is 0 Å². The molecular weight excluding hydrogens is 297 g/mol. The molecule has 0 bridgehead atoms. The molecule has 1 N–H and O–H groups in total. The first-order valence-electron chi connectivity index (χ1n) is 6.35. The Balaban J connectivity index is 1.66. The fraction of sp³-hybridized carbons (Fsp3) is 0.133. The van der Waals surface area contributed by atoms with E-state index in [1.807, 2.05) is 0 Å². The first kappa shape index (κ1) is 13.9. The van der Waals surface area contributed by atoms with E-state index in [1.54, 1.807) is 6.07 Å². The van der Waals surface area contributed by atoms with Crippen LogP contribution >= 0.6 is 11.3 Å². The summed E-state index contributed by atoms with van der Waals surface area (Å²) in [6.45, 7) is 0.491. The topological polar surface area (TPSA) is 24.9 Å². The van der Waals surface area contributed by atoms with Crippen LogP contribution in [-0.2, 0) is 6.42 Å². The summed E-state index contributed by atoms with van der Waals surface area (Å²) in [6.07, 6.45) is 0.471. The van der Waals surface area contributed by atoms with Crippen molar-refractivity contribution in [2.45, 2.75) is 6.42 Å². The number of nitrogens with zero attached hydrogens (tertiary/aromatic N) is 1. The van der Waals surface area contributed by atoms with Gasteiger partial charge in [0.15, 0.2) is 5.13 Å². The first-order chi connectivity index (χ1) is 10.1. The Labute approximate surface area is 123 Å². The Bertz CT molecular complexity index is 765. The lowest BCUT2D eigenvalue weighted by Gasteiger charge is -2.03. The average Bonchev–Trinajstić information content (AvgIpc) is 2.79. The van der Waals surface area contributed by atoms with Crippen molar-refractivity contribution in [3.05, 3.63) is 59.4 Å². The number of hydrogen-bond donors (Lipinski definition) is 1. The van der Waals surface area contributed by atoms with E-state index in [2.05, 4.69) is 10.3 Å². The maximum Gasteiger partial charge on any atom is 0.183 e. The molecule has 0 amide bonds. The number of hydrogen-bond acceptors (Lipinski definition) is 3. The molecule has 6 heteroatoms. The van der Waals surface area contributed by atoms with Gasteiger partial charge in [0.2, 0.25) is 0 Å². The van der Waals surface area contributed by atoms with Crippen molar-refractivity contribution < 1.29 is 13.2 Å². The Morgan fingerprint density at radius 1 is 0.952 bits per heavy atom. The van der Waals surface area contributed by atoms with Gasteiger partial charge in [0.1, 0.15) is 17.5 Å². The molecule has 0 aliphatic heterocycles. The molecule has 1 heterocycles. The zero-order chi connectivity index (χ0) is 14.8. The number of thiazole rings is 1. The maximum absolute atomic E-state index is 13.1. The summed E-state index contributed by atoms with van der Waals surface area (Å²) in [4.78, 5) is 4.26. The summed E-state index contributed by atoms with van der Waals surface area (Å²) in [5.74, 6) is -1.49. The SMILES string of the molecule is Fc1cc(F)cc(CCNc2nc3cc(F)ccc3s2)c1. The van der Waals surface area contributed by atoms with Gasteiger partial charge in [-0.3, -0.25) is 0 Å². The van der Waals surface area contributed by atoms with Crippen LogP contribution in [0.15, 0.2) is 36.4 Å². The largest absolute Gasteiger partial charge is 0.361 e. The van der Waals surface area contributed by atoms with E-state index in [0.717, 1.165) is 10.8 Å². The number of aromatic nitrogens is 1. The van der Waals surface area contributed by atoms with Gasteiger partial charge < -0.3 is 5.32 Å². The minimum absolute atomic E-state index is 0.324. The quantitative estimate of drug-likeness (QED) is 0.774. The fourth-order valence-electron chi connectivity index (χ4n) is 2.05. The van der Waals surface area contributed by atoms with Crippen LogP contribution in [0.3, 0.4) is 0 Å². The van der Waals surface area contributed by atoms with E-state index in [-0.39, 0.29) is 5.82 Å². The molecule has 3 rings (SSSR count). The highest BCUT2D eigenvalue weighted by Gasteiger charge is 2.05. The van der Waals surface area contributed by atoms with E-state index >= 15 is 0 Å². The highest BCUT2D eigenvalue weighted by Crippen LogP contribution is 2.26. The lowest BCUT2D eigenvalue weighted by molar-refractivity contribution is 0.580.